The van der Waals surface area contributed by atoms with Gasteiger partial charge in [0, 0.05) is 5.39 Å². The summed E-state index contributed by atoms with van der Waals surface area (Å²) in [5.74, 6) is 0.743. The summed E-state index contributed by atoms with van der Waals surface area (Å²) in [6, 6.07) is 12.1. The summed E-state index contributed by atoms with van der Waals surface area (Å²) in [5.41, 5.74) is 0.994. The first-order valence-electron chi connectivity index (χ1n) is 5.09. The number of benzene rings is 1. The van der Waals surface area contributed by atoms with Gasteiger partial charge in [0.25, 0.3) is 0 Å². The third-order valence-electron chi connectivity index (χ3n) is 1.98. The second kappa shape index (κ2) is 3.66. The number of fused-ring (bicyclic) bond motifs is 1. The van der Waals surface area contributed by atoms with Crippen LogP contribution in [0.2, 0.25) is 19.6 Å². The molecule has 78 valence electrons. The standard InChI is InChI=1S/C12H15NOSi/c1-15(2,3)14-12-9-8-10-6-4-5-7-11(10)13-12/h4-9H,1-3H3. The lowest BCUT2D eigenvalue weighted by Gasteiger charge is -2.18. The molecule has 0 amide bonds. The normalized spacial score (nSPS) is 11.7. The van der Waals surface area contributed by atoms with Gasteiger partial charge in [0.2, 0.25) is 8.32 Å². The summed E-state index contributed by atoms with van der Waals surface area (Å²) in [6.45, 7) is 6.47. The van der Waals surface area contributed by atoms with E-state index in [1.807, 2.05) is 24.3 Å². The molecule has 1 aromatic heterocycles. The molecule has 2 aromatic rings. The molecule has 0 unspecified atom stereocenters. The van der Waals surface area contributed by atoms with Crippen LogP contribution in [0.1, 0.15) is 0 Å². The van der Waals surface area contributed by atoms with Crippen molar-refractivity contribution < 1.29 is 4.43 Å². The van der Waals surface area contributed by atoms with E-state index in [1.54, 1.807) is 0 Å². The van der Waals surface area contributed by atoms with Gasteiger partial charge in [-0.2, -0.15) is 0 Å². The Hall–Kier alpha value is -1.35. The molecule has 0 saturated carbocycles. The van der Waals surface area contributed by atoms with E-state index >= 15 is 0 Å². The average molecular weight is 217 g/mol. The van der Waals surface area contributed by atoms with Crippen LogP contribution in [-0.4, -0.2) is 13.3 Å². The summed E-state index contributed by atoms with van der Waals surface area (Å²) in [4.78, 5) is 4.47. The highest BCUT2D eigenvalue weighted by atomic mass is 28.4. The van der Waals surface area contributed by atoms with E-state index < -0.39 is 8.32 Å². The number of pyridine rings is 1. The van der Waals surface area contributed by atoms with Gasteiger partial charge >= 0.3 is 0 Å². The first kappa shape index (κ1) is 10.2. The zero-order valence-corrected chi connectivity index (χ0v) is 10.3. The zero-order chi connectivity index (χ0) is 10.9. The highest BCUT2D eigenvalue weighted by Crippen LogP contribution is 2.18. The van der Waals surface area contributed by atoms with Gasteiger partial charge in [-0.25, -0.2) is 4.98 Å². The molecule has 0 aliphatic carbocycles. The van der Waals surface area contributed by atoms with Crippen LogP contribution < -0.4 is 4.43 Å². The van der Waals surface area contributed by atoms with Gasteiger partial charge in [-0.15, -0.1) is 0 Å². The Morgan fingerprint density at radius 3 is 2.47 bits per heavy atom. The number of nitrogens with zero attached hydrogens (tertiary/aromatic N) is 1. The molecule has 0 saturated heterocycles. The Morgan fingerprint density at radius 2 is 1.73 bits per heavy atom. The summed E-state index contributed by atoms with van der Waals surface area (Å²) >= 11 is 0. The molecule has 0 aliphatic rings. The minimum Gasteiger partial charge on any atom is -0.531 e. The van der Waals surface area contributed by atoms with Crippen LogP contribution in [0.4, 0.5) is 0 Å². The molecular weight excluding hydrogens is 202 g/mol. The van der Waals surface area contributed by atoms with Crippen LogP contribution in [-0.2, 0) is 0 Å². The van der Waals surface area contributed by atoms with Gasteiger partial charge in [-0.3, -0.25) is 0 Å². The quantitative estimate of drug-likeness (QED) is 0.719. The van der Waals surface area contributed by atoms with E-state index in [1.165, 1.54) is 0 Å². The highest BCUT2D eigenvalue weighted by molar-refractivity contribution is 6.70. The average Bonchev–Trinajstić information content (AvgIpc) is 2.15. The van der Waals surface area contributed by atoms with Crippen molar-refractivity contribution >= 4 is 19.2 Å². The van der Waals surface area contributed by atoms with E-state index in [2.05, 4.69) is 36.8 Å². The molecule has 0 radical (unpaired) electrons. The number of para-hydroxylation sites is 1. The number of hydrogen-bond acceptors (Lipinski definition) is 2. The molecule has 1 heterocycles. The summed E-state index contributed by atoms with van der Waals surface area (Å²) in [5, 5.41) is 1.15. The lowest BCUT2D eigenvalue weighted by atomic mass is 10.2. The van der Waals surface area contributed by atoms with Crippen LogP contribution >= 0.6 is 0 Å². The van der Waals surface area contributed by atoms with Crippen LogP contribution in [0, 0.1) is 0 Å². The van der Waals surface area contributed by atoms with Crippen molar-refractivity contribution in [3.05, 3.63) is 36.4 Å². The third kappa shape index (κ3) is 2.56. The predicted octanol–water partition coefficient (Wildman–Crippen LogP) is 3.45. The first-order chi connectivity index (χ1) is 7.04. The van der Waals surface area contributed by atoms with Crippen molar-refractivity contribution in [2.24, 2.45) is 0 Å². The molecule has 0 N–H and O–H groups in total. The third-order valence-corrected chi connectivity index (χ3v) is 2.81. The molecule has 3 heteroatoms. The van der Waals surface area contributed by atoms with E-state index in [9.17, 15) is 0 Å². The van der Waals surface area contributed by atoms with E-state index in [0.29, 0.717) is 0 Å². The van der Waals surface area contributed by atoms with Crippen LogP contribution in [0.3, 0.4) is 0 Å². The maximum Gasteiger partial charge on any atom is 0.244 e. The van der Waals surface area contributed by atoms with Crippen LogP contribution in [0.5, 0.6) is 5.88 Å². The number of rotatable bonds is 2. The number of hydrogen-bond donors (Lipinski definition) is 0. The molecule has 1 aromatic carbocycles. The van der Waals surface area contributed by atoms with Gasteiger partial charge in [0.05, 0.1) is 5.52 Å². The van der Waals surface area contributed by atoms with Crippen molar-refractivity contribution in [2.45, 2.75) is 19.6 Å². The van der Waals surface area contributed by atoms with Gasteiger partial charge in [0.1, 0.15) is 0 Å². The van der Waals surface area contributed by atoms with E-state index in [-0.39, 0.29) is 0 Å². The summed E-state index contributed by atoms with van der Waals surface area (Å²) in [7, 11) is -1.55. The van der Waals surface area contributed by atoms with Crippen molar-refractivity contribution in [3.8, 4) is 5.88 Å². The molecule has 2 nitrogen and oxygen atoms in total. The molecular formula is C12H15NOSi. The second-order valence-electron chi connectivity index (χ2n) is 4.56. The van der Waals surface area contributed by atoms with Gasteiger partial charge < -0.3 is 4.43 Å². The topological polar surface area (TPSA) is 22.1 Å². The molecule has 0 bridgehead atoms. The Kier molecular flexibility index (Phi) is 2.48. The molecule has 0 atom stereocenters. The molecule has 0 fully saturated rings. The summed E-state index contributed by atoms with van der Waals surface area (Å²) < 4.78 is 5.84. The lowest BCUT2D eigenvalue weighted by molar-refractivity contribution is 0.537. The fourth-order valence-corrected chi connectivity index (χ4v) is 2.16. The maximum absolute atomic E-state index is 5.84. The highest BCUT2D eigenvalue weighted by Gasteiger charge is 2.16. The minimum atomic E-state index is -1.55. The Balaban J connectivity index is 2.39. The van der Waals surface area contributed by atoms with Crippen molar-refractivity contribution in [1.29, 1.82) is 0 Å². The maximum atomic E-state index is 5.84. The minimum absolute atomic E-state index is 0.743. The van der Waals surface area contributed by atoms with Gasteiger partial charge in [-0.05, 0) is 37.8 Å². The Morgan fingerprint density at radius 1 is 1.00 bits per heavy atom. The van der Waals surface area contributed by atoms with E-state index in [0.717, 1.165) is 16.8 Å². The molecule has 0 aliphatic heterocycles. The van der Waals surface area contributed by atoms with Crippen LogP contribution in [0.15, 0.2) is 36.4 Å². The van der Waals surface area contributed by atoms with Crippen molar-refractivity contribution in [3.63, 3.8) is 0 Å². The summed E-state index contributed by atoms with van der Waals surface area (Å²) in [6.07, 6.45) is 0. The fraction of sp³-hybridized carbons (Fsp3) is 0.250. The van der Waals surface area contributed by atoms with Gasteiger partial charge in [-0.1, -0.05) is 18.2 Å². The monoisotopic (exact) mass is 217 g/mol. The molecule has 15 heavy (non-hydrogen) atoms. The second-order valence-corrected chi connectivity index (χ2v) is 8.99. The van der Waals surface area contributed by atoms with Crippen molar-refractivity contribution in [2.75, 3.05) is 0 Å². The molecule has 0 spiro atoms. The Labute approximate surface area is 91.0 Å². The number of aromatic nitrogens is 1. The molecule has 2 rings (SSSR count). The zero-order valence-electron chi connectivity index (χ0n) is 9.32. The van der Waals surface area contributed by atoms with Crippen molar-refractivity contribution in [1.82, 2.24) is 4.98 Å². The smallest absolute Gasteiger partial charge is 0.244 e. The van der Waals surface area contributed by atoms with Crippen LogP contribution in [0.25, 0.3) is 10.9 Å². The van der Waals surface area contributed by atoms with E-state index in [4.69, 9.17) is 4.43 Å². The SMILES string of the molecule is C[Si](C)(C)Oc1ccc2ccccc2n1. The lowest BCUT2D eigenvalue weighted by Crippen LogP contribution is -2.29. The fourth-order valence-electron chi connectivity index (χ4n) is 1.42. The largest absolute Gasteiger partial charge is 0.531 e. The predicted molar refractivity (Wildman–Crippen MR) is 65.7 cm³/mol. The van der Waals surface area contributed by atoms with Gasteiger partial charge in [0.15, 0.2) is 5.88 Å². The Bertz CT molecular complexity index is 476. The first-order valence-corrected chi connectivity index (χ1v) is 8.50.